The minimum absolute atomic E-state index is 0.0950. The maximum Gasteiger partial charge on any atom is 0.244 e. The number of fused-ring (bicyclic) bond motifs is 4. The van der Waals surface area contributed by atoms with Gasteiger partial charge in [0, 0.05) is 11.1 Å². The van der Waals surface area contributed by atoms with Crippen LogP contribution in [0.5, 0.6) is 11.6 Å². The predicted molar refractivity (Wildman–Crippen MR) is 134 cm³/mol. The maximum absolute atomic E-state index is 6.35. The van der Waals surface area contributed by atoms with Crippen LogP contribution in [0, 0.1) is 27.7 Å². The zero-order valence-electron chi connectivity index (χ0n) is 20.0. The Kier molecular flexibility index (Phi) is 4.56. The Balaban J connectivity index is 1.85. The van der Waals surface area contributed by atoms with E-state index in [0.717, 1.165) is 22.8 Å². The van der Waals surface area contributed by atoms with Crippen LogP contribution >= 0.6 is 0 Å². The van der Waals surface area contributed by atoms with Crippen molar-refractivity contribution in [1.82, 2.24) is 4.98 Å². The van der Waals surface area contributed by atoms with E-state index in [-0.39, 0.29) is 5.41 Å². The second-order valence-electron chi connectivity index (χ2n) is 10.1. The molecule has 5 rings (SSSR count). The summed E-state index contributed by atoms with van der Waals surface area (Å²) in [6, 6.07) is 19.7. The molecule has 0 unspecified atom stereocenters. The summed E-state index contributed by atoms with van der Waals surface area (Å²) in [6.07, 6.45) is 0. The van der Waals surface area contributed by atoms with Crippen molar-refractivity contribution in [2.75, 3.05) is 4.90 Å². The number of anilines is 3. The quantitative estimate of drug-likeness (QED) is 0.271. The third kappa shape index (κ3) is 3.24. The van der Waals surface area contributed by atoms with Crippen molar-refractivity contribution in [3.8, 4) is 11.6 Å². The fraction of sp³-hybridized carbons (Fsp3) is 0.276. The van der Waals surface area contributed by atoms with Gasteiger partial charge in [0.2, 0.25) is 5.88 Å². The Morgan fingerprint density at radius 2 is 1.50 bits per heavy atom. The van der Waals surface area contributed by atoms with Crippen molar-refractivity contribution in [2.24, 2.45) is 0 Å². The van der Waals surface area contributed by atoms with Crippen molar-refractivity contribution >= 4 is 27.8 Å². The van der Waals surface area contributed by atoms with E-state index in [1.807, 2.05) is 6.92 Å². The van der Waals surface area contributed by atoms with Gasteiger partial charge in [-0.15, -0.1) is 0 Å². The highest BCUT2D eigenvalue weighted by atomic mass is 16.5. The molecule has 162 valence electrons. The van der Waals surface area contributed by atoms with Crippen LogP contribution in [0.3, 0.4) is 0 Å². The molecule has 1 aliphatic rings. The van der Waals surface area contributed by atoms with Crippen molar-refractivity contribution in [1.29, 1.82) is 0 Å². The lowest BCUT2D eigenvalue weighted by Gasteiger charge is -2.36. The normalized spacial score (nSPS) is 13.0. The van der Waals surface area contributed by atoms with Gasteiger partial charge in [0.15, 0.2) is 5.75 Å². The first kappa shape index (κ1) is 20.6. The highest BCUT2D eigenvalue weighted by Gasteiger charge is 2.31. The average molecular weight is 423 g/mol. The summed E-state index contributed by atoms with van der Waals surface area (Å²) in [4.78, 5) is 7.09. The van der Waals surface area contributed by atoms with Crippen LogP contribution in [0.1, 0.15) is 48.7 Å². The molecular formula is C29H30N2O. The molecule has 0 saturated heterocycles. The Bertz CT molecular complexity index is 1360. The van der Waals surface area contributed by atoms with E-state index in [4.69, 9.17) is 9.72 Å². The molecule has 0 N–H and O–H groups in total. The Morgan fingerprint density at radius 1 is 0.781 bits per heavy atom. The monoisotopic (exact) mass is 422 g/mol. The van der Waals surface area contributed by atoms with Crippen LogP contribution in [0.2, 0.25) is 0 Å². The molecular weight excluding hydrogens is 392 g/mol. The topological polar surface area (TPSA) is 25.4 Å². The van der Waals surface area contributed by atoms with E-state index in [2.05, 4.69) is 101 Å². The first-order valence-electron chi connectivity index (χ1n) is 11.2. The van der Waals surface area contributed by atoms with Crippen molar-refractivity contribution < 1.29 is 4.74 Å². The minimum atomic E-state index is 0.0950. The highest BCUT2D eigenvalue weighted by molar-refractivity contribution is 6.04. The molecule has 1 aliphatic heterocycles. The molecule has 0 aliphatic carbocycles. The molecule has 3 heteroatoms. The molecule has 0 bridgehead atoms. The lowest BCUT2D eigenvalue weighted by Crippen LogP contribution is -2.20. The molecule has 0 atom stereocenters. The van der Waals surface area contributed by atoms with Gasteiger partial charge in [-0.1, -0.05) is 62.7 Å². The summed E-state index contributed by atoms with van der Waals surface area (Å²) < 4.78 is 6.35. The molecule has 3 aromatic carbocycles. The molecule has 0 radical (unpaired) electrons. The zero-order valence-corrected chi connectivity index (χ0v) is 20.0. The lowest BCUT2D eigenvalue weighted by atomic mass is 9.84. The van der Waals surface area contributed by atoms with Gasteiger partial charge in [0.1, 0.15) is 5.69 Å². The zero-order chi connectivity index (χ0) is 22.8. The molecule has 4 aromatic rings. The first-order valence-corrected chi connectivity index (χ1v) is 11.2. The van der Waals surface area contributed by atoms with E-state index in [1.54, 1.807) is 0 Å². The van der Waals surface area contributed by atoms with E-state index in [9.17, 15) is 0 Å². The van der Waals surface area contributed by atoms with E-state index in [0.29, 0.717) is 5.88 Å². The lowest BCUT2D eigenvalue weighted by molar-refractivity contribution is 0.457. The number of ether oxygens (including phenoxy) is 1. The van der Waals surface area contributed by atoms with Gasteiger partial charge >= 0.3 is 0 Å². The Hall–Kier alpha value is -3.33. The smallest absolute Gasteiger partial charge is 0.244 e. The molecule has 3 nitrogen and oxygen atoms in total. The molecule has 0 amide bonds. The molecule has 0 fully saturated rings. The van der Waals surface area contributed by atoms with Crippen LogP contribution in [0.25, 0.3) is 10.8 Å². The number of hydrogen-bond acceptors (Lipinski definition) is 3. The first-order chi connectivity index (χ1) is 15.1. The summed E-state index contributed by atoms with van der Waals surface area (Å²) in [5.41, 5.74) is 9.39. The van der Waals surface area contributed by atoms with Crippen LogP contribution in [-0.2, 0) is 5.41 Å². The molecule has 0 spiro atoms. The molecule has 0 saturated carbocycles. The standard InChI is InChI=1S/C29H30N2O/c1-17-8-11-23-21(14-17)10-13-25-27(23)31(24-12-9-20(4)30-28(24)32-25)26-18(2)15-22(16-19(26)3)29(5,6)7/h8-16H,1-7H3. The minimum Gasteiger partial charge on any atom is -0.435 e. The van der Waals surface area contributed by atoms with Gasteiger partial charge < -0.3 is 9.64 Å². The number of pyridine rings is 1. The summed E-state index contributed by atoms with van der Waals surface area (Å²) in [6.45, 7) is 15.4. The van der Waals surface area contributed by atoms with Gasteiger partial charge in [0.25, 0.3) is 0 Å². The van der Waals surface area contributed by atoms with Gasteiger partial charge in [0.05, 0.1) is 11.4 Å². The number of rotatable bonds is 1. The summed E-state index contributed by atoms with van der Waals surface area (Å²) in [7, 11) is 0. The fourth-order valence-electron chi connectivity index (χ4n) is 4.70. The van der Waals surface area contributed by atoms with Crippen molar-refractivity contribution in [3.63, 3.8) is 0 Å². The van der Waals surface area contributed by atoms with Gasteiger partial charge in [-0.25, -0.2) is 4.98 Å². The van der Waals surface area contributed by atoms with Gasteiger partial charge in [-0.3, -0.25) is 0 Å². The van der Waals surface area contributed by atoms with E-state index in [1.165, 1.54) is 38.7 Å². The third-order valence-corrected chi connectivity index (χ3v) is 6.34. The maximum atomic E-state index is 6.35. The van der Waals surface area contributed by atoms with Crippen LogP contribution in [0.4, 0.5) is 17.1 Å². The molecule has 2 heterocycles. The SMILES string of the molecule is Cc1ccc2c3c(ccc2c1)Oc1nc(C)ccc1N3c1c(C)cc(C(C)(C)C)cc1C. The number of hydrogen-bond donors (Lipinski definition) is 0. The van der Waals surface area contributed by atoms with Crippen molar-refractivity contribution in [3.05, 3.63) is 82.5 Å². The largest absolute Gasteiger partial charge is 0.435 e. The van der Waals surface area contributed by atoms with E-state index >= 15 is 0 Å². The molecule has 1 aromatic heterocycles. The highest BCUT2D eigenvalue weighted by Crippen LogP contribution is 2.54. The average Bonchev–Trinajstić information content (AvgIpc) is 2.71. The number of aromatic nitrogens is 1. The number of benzene rings is 3. The van der Waals surface area contributed by atoms with Crippen LogP contribution in [0.15, 0.2) is 54.6 Å². The third-order valence-electron chi connectivity index (χ3n) is 6.34. The Morgan fingerprint density at radius 3 is 2.19 bits per heavy atom. The summed E-state index contributed by atoms with van der Waals surface area (Å²) in [5.74, 6) is 1.49. The van der Waals surface area contributed by atoms with Gasteiger partial charge in [-0.2, -0.15) is 0 Å². The fourth-order valence-corrected chi connectivity index (χ4v) is 4.70. The second-order valence-corrected chi connectivity index (χ2v) is 10.1. The van der Waals surface area contributed by atoms with Crippen LogP contribution < -0.4 is 9.64 Å². The van der Waals surface area contributed by atoms with E-state index < -0.39 is 0 Å². The summed E-state index contributed by atoms with van der Waals surface area (Å²) in [5, 5.41) is 2.39. The number of aryl methyl sites for hydroxylation is 4. The Labute approximate surface area is 190 Å². The van der Waals surface area contributed by atoms with Gasteiger partial charge in [-0.05, 0) is 73.4 Å². The second kappa shape index (κ2) is 7.09. The van der Waals surface area contributed by atoms with Crippen molar-refractivity contribution in [2.45, 2.75) is 53.9 Å². The molecule has 32 heavy (non-hydrogen) atoms. The van der Waals surface area contributed by atoms with Crippen LogP contribution in [-0.4, -0.2) is 4.98 Å². The summed E-state index contributed by atoms with van der Waals surface area (Å²) >= 11 is 0. The number of nitrogens with zero attached hydrogens (tertiary/aromatic N) is 2. The predicted octanol–water partition coefficient (Wildman–Crippen LogP) is 8.34.